The Morgan fingerprint density at radius 2 is 1.58 bits per heavy atom. The van der Waals surface area contributed by atoms with Crippen molar-refractivity contribution in [2.75, 3.05) is 5.32 Å². The Morgan fingerprint density at radius 3 is 2.12 bits per heavy atom. The quantitative estimate of drug-likeness (QED) is 0.801. The van der Waals surface area contributed by atoms with Crippen LogP contribution in [0.3, 0.4) is 0 Å². The average molecular weight is 354 g/mol. The van der Waals surface area contributed by atoms with Gasteiger partial charge in [-0.05, 0) is 30.3 Å². The molecule has 0 saturated carbocycles. The fourth-order valence-corrected chi connectivity index (χ4v) is 1.93. The number of benzene rings is 2. The van der Waals surface area contributed by atoms with Gasteiger partial charge in [-0.1, -0.05) is 18.2 Å². The summed E-state index contributed by atoms with van der Waals surface area (Å²) in [6.07, 6.45) is -4.62. The standard InChI is InChI=1S/C18H9F3N4O/c19-18(20,21)13-6-7-17(26-14-4-2-1-3-5-14)15(8-13)25-16(11-24)12(9-22)10-23/h1-8,25H. The number of rotatable bonds is 4. The first-order valence-electron chi connectivity index (χ1n) is 7.04. The average Bonchev–Trinajstić information content (AvgIpc) is 2.63. The monoisotopic (exact) mass is 354 g/mol. The first kappa shape index (κ1) is 18.4. The molecule has 128 valence electrons. The number of ether oxygens (including phenoxy) is 1. The van der Waals surface area contributed by atoms with E-state index in [1.54, 1.807) is 36.4 Å². The third kappa shape index (κ3) is 4.31. The van der Waals surface area contributed by atoms with Gasteiger partial charge in [0.1, 0.15) is 29.7 Å². The van der Waals surface area contributed by atoms with Crippen LogP contribution in [-0.4, -0.2) is 0 Å². The van der Waals surface area contributed by atoms with Gasteiger partial charge in [0.05, 0.1) is 11.3 Å². The number of hydrogen-bond donors (Lipinski definition) is 1. The van der Waals surface area contributed by atoms with Crippen LogP contribution < -0.4 is 10.1 Å². The summed E-state index contributed by atoms with van der Waals surface area (Å²) in [4.78, 5) is 0. The number of nitriles is 3. The third-order valence-electron chi connectivity index (χ3n) is 3.12. The van der Waals surface area contributed by atoms with E-state index < -0.39 is 23.0 Å². The van der Waals surface area contributed by atoms with Gasteiger partial charge in [-0.3, -0.25) is 0 Å². The number of nitrogens with zero attached hydrogens (tertiary/aromatic N) is 3. The summed E-state index contributed by atoms with van der Waals surface area (Å²) in [5.74, 6) is 0.353. The molecule has 0 heterocycles. The van der Waals surface area contributed by atoms with Crippen LogP contribution in [0.25, 0.3) is 0 Å². The Labute approximate surface area is 146 Å². The Kier molecular flexibility index (Phi) is 5.47. The Hall–Kier alpha value is -3.96. The maximum atomic E-state index is 13.0. The second kappa shape index (κ2) is 7.74. The van der Waals surface area contributed by atoms with Gasteiger partial charge in [-0.15, -0.1) is 0 Å². The van der Waals surface area contributed by atoms with Crippen LogP contribution in [-0.2, 0) is 6.18 Å². The molecule has 1 N–H and O–H groups in total. The van der Waals surface area contributed by atoms with Gasteiger partial charge in [0.25, 0.3) is 0 Å². The normalized spacial score (nSPS) is 10.0. The molecule has 0 radical (unpaired) electrons. The molecule has 0 fully saturated rings. The summed E-state index contributed by atoms with van der Waals surface area (Å²) in [5.41, 5.74) is -2.22. The Balaban J connectivity index is 2.53. The van der Waals surface area contributed by atoms with E-state index in [1.807, 2.05) is 0 Å². The van der Waals surface area contributed by atoms with Gasteiger partial charge in [-0.2, -0.15) is 29.0 Å². The van der Waals surface area contributed by atoms with Crippen LogP contribution >= 0.6 is 0 Å². The molecule has 0 aliphatic rings. The van der Waals surface area contributed by atoms with Gasteiger partial charge < -0.3 is 10.1 Å². The van der Waals surface area contributed by atoms with Crippen LogP contribution in [0.15, 0.2) is 59.8 Å². The van der Waals surface area contributed by atoms with Gasteiger partial charge >= 0.3 is 6.18 Å². The van der Waals surface area contributed by atoms with Crippen LogP contribution in [0, 0.1) is 34.0 Å². The van der Waals surface area contributed by atoms with E-state index in [1.165, 1.54) is 12.1 Å². The van der Waals surface area contributed by atoms with E-state index in [-0.39, 0.29) is 11.4 Å². The molecule has 26 heavy (non-hydrogen) atoms. The predicted octanol–water partition coefficient (Wildman–Crippen LogP) is 4.73. The summed E-state index contributed by atoms with van der Waals surface area (Å²) >= 11 is 0. The summed E-state index contributed by atoms with van der Waals surface area (Å²) in [7, 11) is 0. The van der Waals surface area contributed by atoms with Crippen molar-refractivity contribution in [3.8, 4) is 29.7 Å². The number of allylic oxidation sites excluding steroid dienone is 2. The highest BCUT2D eigenvalue weighted by Gasteiger charge is 2.31. The molecule has 0 atom stereocenters. The molecule has 2 aromatic rings. The highest BCUT2D eigenvalue weighted by atomic mass is 19.4. The lowest BCUT2D eigenvalue weighted by Gasteiger charge is -2.15. The van der Waals surface area contributed by atoms with Crippen molar-refractivity contribution >= 4 is 5.69 Å². The van der Waals surface area contributed by atoms with Crippen molar-refractivity contribution < 1.29 is 17.9 Å². The molecule has 0 saturated heterocycles. The molecule has 0 bridgehead atoms. The van der Waals surface area contributed by atoms with Gasteiger partial charge in [-0.25, -0.2) is 0 Å². The number of nitrogens with one attached hydrogen (secondary N) is 1. The van der Waals surface area contributed by atoms with E-state index in [0.29, 0.717) is 5.75 Å². The lowest BCUT2D eigenvalue weighted by Crippen LogP contribution is -2.08. The summed E-state index contributed by atoms with van der Waals surface area (Å²) in [6.45, 7) is 0. The fourth-order valence-electron chi connectivity index (χ4n) is 1.93. The molecule has 5 nitrogen and oxygen atoms in total. The number of alkyl halides is 3. The van der Waals surface area contributed by atoms with E-state index in [9.17, 15) is 13.2 Å². The minimum Gasteiger partial charge on any atom is -0.455 e. The zero-order valence-electron chi connectivity index (χ0n) is 13.0. The van der Waals surface area contributed by atoms with Gasteiger partial charge in [0.2, 0.25) is 0 Å². The molecule has 0 aliphatic carbocycles. The second-order valence-electron chi connectivity index (χ2n) is 4.83. The zero-order chi connectivity index (χ0) is 19.2. The maximum Gasteiger partial charge on any atom is 0.416 e. The molecular weight excluding hydrogens is 345 g/mol. The van der Waals surface area contributed by atoms with E-state index >= 15 is 0 Å². The van der Waals surface area contributed by atoms with Crippen LogP contribution in [0.4, 0.5) is 18.9 Å². The predicted molar refractivity (Wildman–Crippen MR) is 85.4 cm³/mol. The van der Waals surface area contributed by atoms with Crippen LogP contribution in [0.1, 0.15) is 5.56 Å². The Morgan fingerprint density at radius 1 is 0.923 bits per heavy atom. The van der Waals surface area contributed by atoms with Gasteiger partial charge in [0, 0.05) is 0 Å². The minimum absolute atomic E-state index is 0.00724. The fraction of sp³-hybridized carbons (Fsp3) is 0.0556. The van der Waals surface area contributed by atoms with Crippen molar-refractivity contribution in [1.82, 2.24) is 0 Å². The molecule has 8 heteroatoms. The largest absolute Gasteiger partial charge is 0.455 e. The molecule has 2 aromatic carbocycles. The third-order valence-corrected chi connectivity index (χ3v) is 3.12. The number of para-hydroxylation sites is 1. The lowest BCUT2D eigenvalue weighted by molar-refractivity contribution is -0.137. The van der Waals surface area contributed by atoms with Crippen molar-refractivity contribution in [2.24, 2.45) is 0 Å². The highest BCUT2D eigenvalue weighted by Crippen LogP contribution is 2.37. The molecule has 0 aromatic heterocycles. The number of halogens is 3. The molecule has 0 spiro atoms. The summed E-state index contributed by atoms with van der Waals surface area (Å²) < 4.78 is 44.5. The van der Waals surface area contributed by atoms with E-state index in [0.717, 1.165) is 18.2 Å². The van der Waals surface area contributed by atoms with Crippen molar-refractivity contribution in [3.63, 3.8) is 0 Å². The van der Waals surface area contributed by atoms with E-state index in [4.69, 9.17) is 20.5 Å². The molecular formula is C18H9F3N4O. The highest BCUT2D eigenvalue weighted by molar-refractivity contribution is 5.66. The molecule has 0 aliphatic heterocycles. The number of anilines is 1. The second-order valence-corrected chi connectivity index (χ2v) is 4.83. The summed E-state index contributed by atoms with van der Waals surface area (Å²) in [6, 6.07) is 15.5. The van der Waals surface area contributed by atoms with Crippen LogP contribution in [0.2, 0.25) is 0 Å². The van der Waals surface area contributed by atoms with Gasteiger partial charge in [0.15, 0.2) is 11.3 Å². The smallest absolute Gasteiger partial charge is 0.416 e. The van der Waals surface area contributed by atoms with Crippen molar-refractivity contribution in [2.45, 2.75) is 6.18 Å². The summed E-state index contributed by atoms with van der Waals surface area (Å²) in [5, 5.41) is 29.2. The van der Waals surface area contributed by atoms with Crippen LogP contribution in [0.5, 0.6) is 11.5 Å². The molecule has 0 unspecified atom stereocenters. The topological polar surface area (TPSA) is 92.6 Å². The minimum atomic E-state index is -4.62. The first-order valence-corrected chi connectivity index (χ1v) is 7.04. The molecule has 0 amide bonds. The zero-order valence-corrected chi connectivity index (χ0v) is 13.0. The first-order chi connectivity index (χ1) is 12.4. The molecule has 2 rings (SSSR count). The lowest BCUT2D eigenvalue weighted by atomic mass is 10.1. The number of hydrogen-bond acceptors (Lipinski definition) is 5. The van der Waals surface area contributed by atoms with Crippen molar-refractivity contribution in [1.29, 1.82) is 15.8 Å². The Bertz CT molecular complexity index is 945. The SMILES string of the molecule is N#CC(C#N)=C(C#N)Nc1cc(C(F)(F)F)ccc1Oc1ccccc1. The maximum absolute atomic E-state index is 13.0. The van der Waals surface area contributed by atoms with E-state index in [2.05, 4.69) is 5.32 Å². The van der Waals surface area contributed by atoms with Crippen molar-refractivity contribution in [3.05, 3.63) is 65.4 Å².